The minimum atomic E-state index is -3.98. The SMILES string of the molecule is CCOC(=O)c1cc(C(=O)Nc2ccc(S(=O)(=O)c3ccc([N+](=O)[O-])cc3)cc2)cc([N+](=O)[O-])c1. The Labute approximate surface area is 198 Å². The number of amides is 1. The molecule has 0 fully saturated rings. The monoisotopic (exact) mass is 499 g/mol. The number of nitrogens with one attached hydrogen (secondary N) is 1. The van der Waals surface area contributed by atoms with Crippen LogP contribution in [0.25, 0.3) is 0 Å². The molecule has 0 bridgehead atoms. The number of nitro groups is 2. The van der Waals surface area contributed by atoms with Crippen molar-refractivity contribution in [2.45, 2.75) is 16.7 Å². The summed E-state index contributed by atoms with van der Waals surface area (Å²) in [5, 5.41) is 24.4. The van der Waals surface area contributed by atoms with Crippen molar-refractivity contribution in [3.8, 4) is 0 Å². The third-order valence-electron chi connectivity index (χ3n) is 4.68. The molecule has 0 heterocycles. The van der Waals surface area contributed by atoms with E-state index in [1.165, 1.54) is 24.3 Å². The molecule has 0 aliphatic rings. The molecular formula is C22H17N3O9S. The molecule has 0 saturated carbocycles. The minimum Gasteiger partial charge on any atom is -0.462 e. The van der Waals surface area contributed by atoms with Gasteiger partial charge in [0.1, 0.15) is 0 Å². The summed E-state index contributed by atoms with van der Waals surface area (Å²) in [5.74, 6) is -1.60. The highest BCUT2D eigenvalue weighted by Gasteiger charge is 2.21. The van der Waals surface area contributed by atoms with E-state index in [-0.39, 0.29) is 38.9 Å². The van der Waals surface area contributed by atoms with Gasteiger partial charge in [0.05, 0.1) is 31.8 Å². The Kier molecular flexibility index (Phi) is 7.20. The van der Waals surface area contributed by atoms with E-state index in [2.05, 4.69) is 5.32 Å². The Balaban J connectivity index is 1.83. The van der Waals surface area contributed by atoms with Crippen LogP contribution in [-0.2, 0) is 14.6 Å². The van der Waals surface area contributed by atoms with Crippen molar-refractivity contribution in [1.29, 1.82) is 0 Å². The topological polar surface area (TPSA) is 176 Å². The average molecular weight is 499 g/mol. The molecule has 1 N–H and O–H groups in total. The smallest absolute Gasteiger partial charge is 0.338 e. The van der Waals surface area contributed by atoms with Crippen LogP contribution in [0.3, 0.4) is 0 Å². The van der Waals surface area contributed by atoms with Crippen molar-refractivity contribution in [2.24, 2.45) is 0 Å². The van der Waals surface area contributed by atoms with E-state index < -0.39 is 37.2 Å². The molecule has 0 radical (unpaired) electrons. The molecule has 180 valence electrons. The predicted octanol–water partition coefficient (Wildman–Crippen LogP) is 3.76. The normalized spacial score (nSPS) is 10.9. The van der Waals surface area contributed by atoms with Gasteiger partial charge in [0, 0.05) is 35.5 Å². The zero-order valence-corrected chi connectivity index (χ0v) is 18.9. The molecule has 0 aliphatic heterocycles. The maximum absolute atomic E-state index is 12.8. The van der Waals surface area contributed by atoms with E-state index in [1.807, 2.05) is 0 Å². The van der Waals surface area contributed by atoms with Gasteiger partial charge >= 0.3 is 5.97 Å². The van der Waals surface area contributed by atoms with Gasteiger partial charge in [0.15, 0.2) is 0 Å². The molecule has 0 saturated heterocycles. The van der Waals surface area contributed by atoms with E-state index in [1.54, 1.807) is 6.92 Å². The van der Waals surface area contributed by atoms with Crippen molar-refractivity contribution in [3.63, 3.8) is 0 Å². The fraction of sp³-hybridized carbons (Fsp3) is 0.0909. The van der Waals surface area contributed by atoms with Gasteiger partial charge in [-0.1, -0.05) is 0 Å². The average Bonchev–Trinajstić information content (AvgIpc) is 2.84. The summed E-state index contributed by atoms with van der Waals surface area (Å²) in [6.45, 7) is 1.60. The van der Waals surface area contributed by atoms with Crippen LogP contribution in [0.2, 0.25) is 0 Å². The van der Waals surface area contributed by atoms with Crippen LogP contribution in [0.5, 0.6) is 0 Å². The van der Waals surface area contributed by atoms with Crippen LogP contribution < -0.4 is 5.32 Å². The highest BCUT2D eigenvalue weighted by atomic mass is 32.2. The van der Waals surface area contributed by atoms with Gasteiger partial charge in [-0.15, -0.1) is 0 Å². The number of anilines is 1. The molecule has 0 aromatic heterocycles. The number of carbonyl (C=O) groups is 2. The molecule has 12 nitrogen and oxygen atoms in total. The van der Waals surface area contributed by atoms with Crippen molar-refractivity contribution >= 4 is 38.8 Å². The van der Waals surface area contributed by atoms with Gasteiger partial charge in [0.25, 0.3) is 17.3 Å². The molecule has 0 atom stereocenters. The van der Waals surface area contributed by atoms with Gasteiger partial charge in [-0.25, -0.2) is 13.2 Å². The number of non-ortho nitro benzene ring substituents is 2. The maximum atomic E-state index is 12.8. The zero-order chi connectivity index (χ0) is 25.8. The Morgan fingerprint density at radius 1 is 0.829 bits per heavy atom. The van der Waals surface area contributed by atoms with Gasteiger partial charge in [-0.2, -0.15) is 0 Å². The van der Waals surface area contributed by atoms with Crippen molar-refractivity contribution in [2.75, 3.05) is 11.9 Å². The fourth-order valence-electron chi connectivity index (χ4n) is 2.98. The molecule has 0 unspecified atom stereocenters. The second-order valence-corrected chi connectivity index (χ2v) is 8.93. The van der Waals surface area contributed by atoms with Crippen LogP contribution >= 0.6 is 0 Å². The lowest BCUT2D eigenvalue weighted by Crippen LogP contribution is -2.14. The molecule has 1 amide bonds. The number of nitro benzene ring substituents is 2. The summed E-state index contributed by atoms with van der Waals surface area (Å²) in [7, 11) is -3.98. The molecule has 35 heavy (non-hydrogen) atoms. The fourth-order valence-corrected chi connectivity index (χ4v) is 4.24. The third-order valence-corrected chi connectivity index (χ3v) is 6.47. The quantitative estimate of drug-likeness (QED) is 0.275. The largest absolute Gasteiger partial charge is 0.462 e. The number of sulfone groups is 1. The molecule has 3 aromatic carbocycles. The first-order chi connectivity index (χ1) is 16.5. The summed E-state index contributed by atoms with van der Waals surface area (Å²) >= 11 is 0. The second-order valence-electron chi connectivity index (χ2n) is 6.98. The number of esters is 1. The van der Waals surface area contributed by atoms with E-state index in [4.69, 9.17) is 4.74 Å². The minimum absolute atomic E-state index is 0.0399. The van der Waals surface area contributed by atoms with Gasteiger partial charge < -0.3 is 10.1 Å². The summed E-state index contributed by atoms with van der Waals surface area (Å²) in [5.41, 5.74) is -0.901. The number of ether oxygens (including phenoxy) is 1. The first-order valence-electron chi connectivity index (χ1n) is 9.90. The molecule has 3 aromatic rings. The third kappa shape index (κ3) is 5.65. The van der Waals surface area contributed by atoms with Crippen molar-refractivity contribution in [1.82, 2.24) is 0 Å². The summed E-state index contributed by atoms with van der Waals surface area (Å²) in [4.78, 5) is 44.9. The zero-order valence-electron chi connectivity index (χ0n) is 18.0. The van der Waals surface area contributed by atoms with Crippen molar-refractivity contribution in [3.05, 3.63) is 98.1 Å². The molecular weight excluding hydrogens is 482 g/mol. The maximum Gasteiger partial charge on any atom is 0.338 e. The lowest BCUT2D eigenvalue weighted by Gasteiger charge is -2.09. The first-order valence-corrected chi connectivity index (χ1v) is 11.4. The lowest BCUT2D eigenvalue weighted by molar-refractivity contribution is -0.385. The second kappa shape index (κ2) is 10.1. The number of carbonyl (C=O) groups excluding carboxylic acids is 2. The Morgan fingerprint density at radius 2 is 1.34 bits per heavy atom. The first kappa shape index (κ1) is 25.0. The van der Waals surface area contributed by atoms with Gasteiger partial charge in [0.2, 0.25) is 9.84 Å². The van der Waals surface area contributed by atoms with Gasteiger partial charge in [-0.05, 0) is 49.4 Å². The molecule has 3 rings (SSSR count). The number of benzene rings is 3. The van der Waals surface area contributed by atoms with Crippen molar-refractivity contribution < 1.29 is 32.6 Å². The van der Waals surface area contributed by atoms with Crippen LogP contribution in [-0.4, -0.2) is 36.7 Å². The van der Waals surface area contributed by atoms with Crippen LogP contribution in [0.15, 0.2) is 76.5 Å². The highest BCUT2D eigenvalue weighted by Crippen LogP contribution is 2.25. The predicted molar refractivity (Wildman–Crippen MR) is 122 cm³/mol. The van der Waals surface area contributed by atoms with E-state index in [0.717, 1.165) is 42.5 Å². The van der Waals surface area contributed by atoms with Crippen LogP contribution in [0.4, 0.5) is 17.1 Å². The van der Waals surface area contributed by atoms with E-state index in [9.17, 15) is 38.2 Å². The molecule has 13 heteroatoms. The number of nitrogens with zero attached hydrogens (tertiary/aromatic N) is 2. The number of hydrogen-bond donors (Lipinski definition) is 1. The van der Waals surface area contributed by atoms with Crippen LogP contribution in [0.1, 0.15) is 27.6 Å². The molecule has 0 spiro atoms. The highest BCUT2D eigenvalue weighted by molar-refractivity contribution is 7.91. The lowest BCUT2D eigenvalue weighted by atomic mass is 10.1. The summed E-state index contributed by atoms with van der Waals surface area (Å²) in [6, 6.07) is 12.6. The van der Waals surface area contributed by atoms with Crippen LogP contribution in [0, 0.1) is 20.2 Å². The Hall–Kier alpha value is -4.65. The van der Waals surface area contributed by atoms with E-state index in [0.29, 0.717) is 0 Å². The van der Waals surface area contributed by atoms with Gasteiger partial charge in [-0.3, -0.25) is 25.0 Å². The molecule has 0 aliphatic carbocycles. The standard InChI is InChI=1S/C22H17N3O9S/c1-2-34-22(27)15-11-14(12-18(13-15)25(30)31)21(26)23-16-3-7-19(8-4-16)35(32,33)20-9-5-17(6-10-20)24(28)29/h3-13H,2H2,1H3,(H,23,26). The summed E-state index contributed by atoms with van der Waals surface area (Å²) in [6.07, 6.45) is 0. The van der Waals surface area contributed by atoms with E-state index >= 15 is 0 Å². The Bertz CT molecular complexity index is 1420. The number of hydrogen-bond acceptors (Lipinski definition) is 9. The number of rotatable bonds is 8. The Morgan fingerprint density at radius 3 is 1.86 bits per heavy atom. The summed E-state index contributed by atoms with van der Waals surface area (Å²) < 4.78 is 30.4.